The van der Waals surface area contributed by atoms with Crippen molar-refractivity contribution in [1.82, 2.24) is 4.57 Å². The van der Waals surface area contributed by atoms with Crippen molar-refractivity contribution in [2.45, 2.75) is 5.75 Å². The molecule has 2 aromatic carbocycles. The summed E-state index contributed by atoms with van der Waals surface area (Å²) < 4.78 is 1.61. The third-order valence-corrected chi connectivity index (χ3v) is 4.96. The predicted octanol–water partition coefficient (Wildman–Crippen LogP) is 5.08. The molecule has 3 aromatic rings. The summed E-state index contributed by atoms with van der Waals surface area (Å²) in [4.78, 5) is 11.9. The zero-order valence-electron chi connectivity index (χ0n) is 13.5. The number of aromatic nitrogens is 1. The molecule has 1 N–H and O–H groups in total. The number of azo groups is 1. The summed E-state index contributed by atoms with van der Waals surface area (Å²) in [6, 6.07) is 14.9. The summed E-state index contributed by atoms with van der Waals surface area (Å²) in [7, 11) is 1.74. The minimum atomic E-state index is -0.341. The summed E-state index contributed by atoms with van der Waals surface area (Å²) in [6.07, 6.45) is 0. The van der Waals surface area contributed by atoms with Crippen LogP contribution in [-0.2, 0) is 17.6 Å². The number of benzene rings is 2. The Kier molecular flexibility index (Phi) is 5.40. The zero-order valence-corrected chi connectivity index (χ0v) is 15.1. The fourth-order valence-corrected chi connectivity index (χ4v) is 3.32. The van der Waals surface area contributed by atoms with Crippen LogP contribution in [0.15, 0.2) is 58.8 Å². The zero-order chi connectivity index (χ0) is 17.8. The molecule has 5 nitrogen and oxygen atoms in total. The third kappa shape index (κ3) is 4.03. The molecular formula is C18H16ClN3O2S. The van der Waals surface area contributed by atoms with Crippen LogP contribution in [0.25, 0.3) is 10.9 Å². The summed E-state index contributed by atoms with van der Waals surface area (Å²) in [5.41, 5.74) is 2.23. The molecule has 1 aromatic heterocycles. The van der Waals surface area contributed by atoms with Gasteiger partial charge in [-0.05, 0) is 23.8 Å². The van der Waals surface area contributed by atoms with Crippen LogP contribution < -0.4 is 0 Å². The molecule has 0 fully saturated rings. The van der Waals surface area contributed by atoms with Crippen LogP contribution >= 0.6 is 23.4 Å². The Morgan fingerprint density at radius 2 is 1.92 bits per heavy atom. The number of hydrogen-bond acceptors (Lipinski definition) is 4. The van der Waals surface area contributed by atoms with Crippen LogP contribution in [0.5, 0.6) is 5.88 Å². The lowest BCUT2D eigenvalue weighted by molar-refractivity contribution is -0.115. The molecule has 0 bridgehead atoms. The van der Waals surface area contributed by atoms with Gasteiger partial charge in [-0.1, -0.05) is 41.9 Å². The summed E-state index contributed by atoms with van der Waals surface area (Å²) >= 11 is 7.30. The monoisotopic (exact) mass is 373 g/mol. The molecule has 0 atom stereocenters. The van der Waals surface area contributed by atoms with Crippen LogP contribution in [0.3, 0.4) is 0 Å². The van der Waals surface area contributed by atoms with E-state index in [1.165, 1.54) is 11.8 Å². The molecule has 0 radical (unpaired) electrons. The largest absolute Gasteiger partial charge is 0.493 e. The number of halogens is 1. The van der Waals surface area contributed by atoms with Gasteiger partial charge in [0.2, 0.25) is 5.88 Å². The molecule has 0 aliphatic rings. The van der Waals surface area contributed by atoms with Gasteiger partial charge in [-0.3, -0.25) is 4.79 Å². The Hall–Kier alpha value is -2.31. The smallest absolute Gasteiger partial charge is 0.274 e. The van der Waals surface area contributed by atoms with E-state index in [9.17, 15) is 9.90 Å². The lowest BCUT2D eigenvalue weighted by atomic mass is 10.2. The van der Waals surface area contributed by atoms with Crippen molar-refractivity contribution in [2.75, 3.05) is 5.75 Å². The summed E-state index contributed by atoms with van der Waals surface area (Å²) in [5.74, 6) is 0.563. The molecule has 0 aliphatic carbocycles. The lowest BCUT2D eigenvalue weighted by Gasteiger charge is -1.99. The minimum Gasteiger partial charge on any atom is -0.493 e. The maximum atomic E-state index is 11.9. The SMILES string of the molecule is Cn1c(O)c(N=NC(=O)CSCc2ccc(Cl)cc2)c2ccccc21. The first-order valence-corrected chi connectivity index (χ1v) is 9.12. The molecule has 0 aliphatic heterocycles. The van der Waals surface area contributed by atoms with Gasteiger partial charge in [-0.2, -0.15) is 0 Å². The van der Waals surface area contributed by atoms with Crippen molar-refractivity contribution in [2.24, 2.45) is 17.3 Å². The number of carbonyl (C=O) groups excluding carboxylic acids is 1. The number of thioether (sulfide) groups is 1. The molecule has 0 spiro atoms. The van der Waals surface area contributed by atoms with Crippen molar-refractivity contribution in [3.8, 4) is 5.88 Å². The maximum Gasteiger partial charge on any atom is 0.274 e. The van der Waals surface area contributed by atoms with Gasteiger partial charge < -0.3 is 9.67 Å². The van der Waals surface area contributed by atoms with Gasteiger partial charge in [0.1, 0.15) is 0 Å². The first-order valence-electron chi connectivity index (χ1n) is 7.59. The standard InChI is InChI=1S/C18H16ClN3O2S/c1-22-15-5-3-2-4-14(15)17(18(22)24)21-20-16(23)11-25-10-12-6-8-13(19)9-7-12/h2-9,24H,10-11H2,1H3. The van der Waals surface area contributed by atoms with E-state index in [2.05, 4.69) is 10.2 Å². The fourth-order valence-electron chi connectivity index (χ4n) is 2.43. The highest BCUT2D eigenvalue weighted by Crippen LogP contribution is 2.37. The number of nitrogens with zero attached hydrogens (tertiary/aromatic N) is 3. The number of hydrogen-bond donors (Lipinski definition) is 1. The molecule has 7 heteroatoms. The number of para-hydroxylation sites is 1. The first kappa shape index (κ1) is 17.5. The topological polar surface area (TPSA) is 66.9 Å². The number of carbonyl (C=O) groups is 1. The van der Waals surface area contributed by atoms with Crippen LogP contribution in [0, 0.1) is 0 Å². The number of aryl methyl sites for hydroxylation is 1. The number of fused-ring (bicyclic) bond motifs is 1. The van der Waals surface area contributed by atoms with Crippen molar-refractivity contribution >= 4 is 45.9 Å². The average Bonchev–Trinajstić information content (AvgIpc) is 2.86. The first-order chi connectivity index (χ1) is 12.1. The highest BCUT2D eigenvalue weighted by Gasteiger charge is 2.14. The second-order valence-electron chi connectivity index (χ2n) is 5.46. The van der Waals surface area contributed by atoms with Crippen LogP contribution in [0.1, 0.15) is 5.56 Å². The van der Waals surface area contributed by atoms with E-state index in [1.54, 1.807) is 11.6 Å². The highest BCUT2D eigenvalue weighted by molar-refractivity contribution is 7.99. The van der Waals surface area contributed by atoms with Crippen molar-refractivity contribution in [3.63, 3.8) is 0 Å². The van der Waals surface area contributed by atoms with Gasteiger partial charge in [-0.25, -0.2) is 0 Å². The molecule has 128 valence electrons. The Bertz CT molecular complexity index is 935. The Balaban J connectivity index is 1.63. The highest BCUT2D eigenvalue weighted by atomic mass is 35.5. The molecule has 0 saturated carbocycles. The summed E-state index contributed by atoms with van der Waals surface area (Å²) in [5, 5.41) is 19.3. The normalized spacial score (nSPS) is 11.4. The van der Waals surface area contributed by atoms with Gasteiger partial charge in [0, 0.05) is 23.2 Å². The van der Waals surface area contributed by atoms with E-state index >= 15 is 0 Å². The second kappa shape index (κ2) is 7.72. The lowest BCUT2D eigenvalue weighted by Crippen LogP contribution is -1.96. The molecule has 0 saturated heterocycles. The molecule has 0 unspecified atom stereocenters. The summed E-state index contributed by atoms with van der Waals surface area (Å²) in [6.45, 7) is 0. The molecule has 25 heavy (non-hydrogen) atoms. The van der Waals surface area contributed by atoms with Crippen molar-refractivity contribution < 1.29 is 9.90 Å². The molecule has 1 amide bonds. The van der Waals surface area contributed by atoms with Gasteiger partial charge in [-0.15, -0.1) is 22.0 Å². The Morgan fingerprint density at radius 3 is 2.68 bits per heavy atom. The predicted molar refractivity (Wildman–Crippen MR) is 102 cm³/mol. The van der Waals surface area contributed by atoms with Crippen LogP contribution in [-0.4, -0.2) is 21.3 Å². The molecule has 1 heterocycles. The quantitative estimate of drug-likeness (QED) is 0.634. The maximum absolute atomic E-state index is 11.9. The average molecular weight is 374 g/mol. The fraction of sp³-hybridized carbons (Fsp3) is 0.167. The van der Waals surface area contributed by atoms with E-state index in [0.29, 0.717) is 16.5 Å². The van der Waals surface area contributed by atoms with Crippen LogP contribution in [0.4, 0.5) is 5.69 Å². The van der Waals surface area contributed by atoms with E-state index in [-0.39, 0.29) is 17.5 Å². The van der Waals surface area contributed by atoms with Crippen molar-refractivity contribution in [1.29, 1.82) is 0 Å². The van der Waals surface area contributed by atoms with E-state index < -0.39 is 0 Å². The Labute approximate surface area is 154 Å². The Morgan fingerprint density at radius 1 is 1.20 bits per heavy atom. The van der Waals surface area contributed by atoms with Gasteiger partial charge >= 0.3 is 0 Å². The minimum absolute atomic E-state index is 0.00781. The van der Waals surface area contributed by atoms with Gasteiger partial charge in [0.25, 0.3) is 5.91 Å². The molecule has 3 rings (SSSR count). The van der Waals surface area contributed by atoms with Gasteiger partial charge in [0.15, 0.2) is 5.69 Å². The van der Waals surface area contributed by atoms with Crippen LogP contribution in [0.2, 0.25) is 5.02 Å². The number of amides is 1. The third-order valence-electron chi connectivity index (χ3n) is 3.72. The van der Waals surface area contributed by atoms with Crippen molar-refractivity contribution in [3.05, 3.63) is 59.1 Å². The van der Waals surface area contributed by atoms with E-state index in [4.69, 9.17) is 11.6 Å². The number of rotatable bonds is 5. The van der Waals surface area contributed by atoms with Gasteiger partial charge in [0.05, 0.1) is 11.3 Å². The van der Waals surface area contributed by atoms with E-state index in [0.717, 1.165) is 16.5 Å². The molecular weight excluding hydrogens is 358 g/mol. The second-order valence-corrected chi connectivity index (χ2v) is 6.88. The number of aromatic hydroxyl groups is 1. The van der Waals surface area contributed by atoms with E-state index in [1.807, 2.05) is 48.5 Å².